The van der Waals surface area contributed by atoms with E-state index in [9.17, 15) is 0 Å². The van der Waals surface area contributed by atoms with Crippen LogP contribution in [0.5, 0.6) is 0 Å². The molecule has 3 aromatic heterocycles. The third kappa shape index (κ3) is 1.67. The maximum absolute atomic E-state index is 5.96. The molecule has 4 aromatic rings. The third-order valence-electron chi connectivity index (χ3n) is 3.22. The number of hydrogen-bond acceptors (Lipinski definition) is 5. The van der Waals surface area contributed by atoms with Gasteiger partial charge in [-0.2, -0.15) is 0 Å². The van der Waals surface area contributed by atoms with E-state index >= 15 is 0 Å². The lowest BCUT2D eigenvalue weighted by Crippen LogP contribution is -1.85. The molecular weight excluding hydrogens is 288 g/mol. The maximum atomic E-state index is 5.96. The normalized spacial score (nSPS) is 11.2. The molecule has 2 N–H and O–H groups in total. The van der Waals surface area contributed by atoms with Gasteiger partial charge in [-0.15, -0.1) is 22.7 Å². The zero-order valence-electron chi connectivity index (χ0n) is 10.4. The number of hydrogen-bond donors (Lipinski definition) is 1. The fraction of sp³-hybridized carbons (Fsp3) is 0. The topological polar surface area (TPSA) is 52.0 Å². The zero-order chi connectivity index (χ0) is 13.5. The fourth-order valence-corrected chi connectivity index (χ4v) is 4.03. The molecule has 0 unspecified atom stereocenters. The molecule has 3 nitrogen and oxygen atoms in total. The van der Waals surface area contributed by atoms with Gasteiger partial charge in [0, 0.05) is 25.9 Å². The van der Waals surface area contributed by atoms with Gasteiger partial charge in [-0.05, 0) is 17.5 Å². The highest BCUT2D eigenvalue weighted by molar-refractivity contribution is 7.17. The van der Waals surface area contributed by atoms with Gasteiger partial charge in [0.25, 0.3) is 0 Å². The van der Waals surface area contributed by atoms with Crippen molar-refractivity contribution in [3.8, 4) is 21.7 Å². The highest BCUT2D eigenvalue weighted by atomic mass is 32.1. The van der Waals surface area contributed by atoms with Crippen LogP contribution in [0.25, 0.3) is 31.8 Å². The summed E-state index contributed by atoms with van der Waals surface area (Å²) in [4.78, 5) is 1.08. The number of aromatic nitrogens is 1. The second-order valence-corrected chi connectivity index (χ2v) is 6.25. The molecular formula is C15H10N2OS2. The minimum Gasteiger partial charge on any atom is -0.367 e. The molecule has 0 fully saturated rings. The monoisotopic (exact) mass is 298 g/mol. The summed E-state index contributed by atoms with van der Waals surface area (Å²) < 4.78 is 6.47. The van der Waals surface area contributed by atoms with Crippen LogP contribution in [0.4, 0.5) is 5.88 Å². The number of fused-ring (bicyclic) bond motifs is 1. The van der Waals surface area contributed by atoms with Crippen molar-refractivity contribution >= 4 is 38.6 Å². The molecule has 0 aliphatic rings. The van der Waals surface area contributed by atoms with Crippen molar-refractivity contribution in [3.05, 3.63) is 47.2 Å². The molecule has 4 rings (SSSR count). The maximum Gasteiger partial charge on any atom is 0.231 e. The lowest BCUT2D eigenvalue weighted by Gasteiger charge is -1.98. The predicted molar refractivity (Wildman–Crippen MR) is 85.0 cm³/mol. The lowest BCUT2D eigenvalue weighted by atomic mass is 10.1. The summed E-state index contributed by atoms with van der Waals surface area (Å²) in [6.07, 6.45) is 0. The number of nitrogen functional groups attached to an aromatic ring is 1. The Morgan fingerprint density at radius 1 is 1.05 bits per heavy atom. The summed E-state index contributed by atoms with van der Waals surface area (Å²) in [5.74, 6) is 0.373. The Hall–Kier alpha value is -2.11. The summed E-state index contributed by atoms with van der Waals surface area (Å²) in [7, 11) is 0. The van der Waals surface area contributed by atoms with Crippen LogP contribution in [0, 0.1) is 0 Å². The van der Waals surface area contributed by atoms with Crippen molar-refractivity contribution in [2.24, 2.45) is 0 Å². The zero-order valence-corrected chi connectivity index (χ0v) is 12.0. The van der Waals surface area contributed by atoms with E-state index in [2.05, 4.69) is 22.7 Å². The molecule has 0 amide bonds. The van der Waals surface area contributed by atoms with Crippen LogP contribution in [-0.4, -0.2) is 5.16 Å². The molecule has 20 heavy (non-hydrogen) atoms. The molecule has 1 aromatic carbocycles. The van der Waals surface area contributed by atoms with E-state index in [4.69, 9.17) is 10.3 Å². The SMILES string of the molecule is Nc1onc(-c2csc3ccccc23)c1-c1cccs1. The van der Waals surface area contributed by atoms with Crippen molar-refractivity contribution in [2.75, 3.05) is 5.73 Å². The summed E-state index contributed by atoms with van der Waals surface area (Å²) >= 11 is 3.34. The first-order valence-corrected chi connectivity index (χ1v) is 7.86. The Bertz CT molecular complexity index is 874. The predicted octanol–water partition coefficient (Wildman–Crippen LogP) is 4.87. The summed E-state index contributed by atoms with van der Waals surface area (Å²) in [5.41, 5.74) is 8.76. The number of rotatable bonds is 2. The molecule has 0 saturated heterocycles. The van der Waals surface area contributed by atoms with Crippen LogP contribution in [0.2, 0.25) is 0 Å². The Balaban J connectivity index is 2.00. The highest BCUT2D eigenvalue weighted by Crippen LogP contribution is 2.42. The van der Waals surface area contributed by atoms with Crippen molar-refractivity contribution in [2.45, 2.75) is 0 Å². The first kappa shape index (κ1) is 11.7. The van der Waals surface area contributed by atoms with E-state index in [1.165, 1.54) is 10.1 Å². The second kappa shape index (κ2) is 4.47. The van der Waals surface area contributed by atoms with E-state index in [1.807, 2.05) is 29.6 Å². The van der Waals surface area contributed by atoms with E-state index in [0.717, 1.165) is 21.7 Å². The van der Waals surface area contributed by atoms with Crippen LogP contribution in [-0.2, 0) is 0 Å². The van der Waals surface area contributed by atoms with Crippen LogP contribution in [0.3, 0.4) is 0 Å². The molecule has 0 spiro atoms. The Morgan fingerprint density at radius 3 is 2.80 bits per heavy atom. The van der Waals surface area contributed by atoms with Gasteiger partial charge in [-0.3, -0.25) is 0 Å². The van der Waals surface area contributed by atoms with E-state index in [1.54, 1.807) is 22.7 Å². The Labute approximate surface area is 123 Å². The van der Waals surface area contributed by atoms with Crippen LogP contribution in [0.15, 0.2) is 51.7 Å². The van der Waals surface area contributed by atoms with Crippen molar-refractivity contribution < 1.29 is 4.52 Å². The van der Waals surface area contributed by atoms with Gasteiger partial charge in [0.15, 0.2) is 0 Å². The number of nitrogens with two attached hydrogens (primary N) is 1. The second-order valence-electron chi connectivity index (χ2n) is 4.39. The van der Waals surface area contributed by atoms with Gasteiger partial charge in [0.1, 0.15) is 5.69 Å². The Kier molecular flexibility index (Phi) is 2.61. The van der Waals surface area contributed by atoms with Gasteiger partial charge in [-0.1, -0.05) is 29.4 Å². The molecule has 0 aliphatic heterocycles. The largest absolute Gasteiger partial charge is 0.367 e. The minimum absolute atomic E-state index is 0.373. The molecule has 98 valence electrons. The molecule has 5 heteroatoms. The van der Waals surface area contributed by atoms with Gasteiger partial charge in [0.05, 0.1) is 5.56 Å². The van der Waals surface area contributed by atoms with Gasteiger partial charge in [-0.25, -0.2) is 0 Å². The standard InChI is InChI=1S/C15H10N2OS2/c16-15-13(12-6-3-7-19-12)14(17-18-15)10-8-20-11-5-2-1-4-9(10)11/h1-8H,16H2. The average molecular weight is 298 g/mol. The van der Waals surface area contributed by atoms with Crippen molar-refractivity contribution in [3.63, 3.8) is 0 Å². The number of thiophene rings is 2. The van der Waals surface area contributed by atoms with E-state index < -0.39 is 0 Å². The summed E-state index contributed by atoms with van der Waals surface area (Å²) in [5, 5.41) is 9.50. The quantitative estimate of drug-likeness (QED) is 0.574. The van der Waals surface area contributed by atoms with Crippen LogP contribution >= 0.6 is 22.7 Å². The van der Waals surface area contributed by atoms with Crippen molar-refractivity contribution in [1.82, 2.24) is 5.16 Å². The molecule has 0 bridgehead atoms. The number of anilines is 1. The third-order valence-corrected chi connectivity index (χ3v) is 5.07. The van der Waals surface area contributed by atoms with Gasteiger partial charge < -0.3 is 10.3 Å². The first-order chi connectivity index (χ1) is 9.84. The molecule has 0 radical (unpaired) electrons. The molecule has 0 atom stereocenters. The summed E-state index contributed by atoms with van der Waals surface area (Å²) in [6.45, 7) is 0. The molecule has 3 heterocycles. The van der Waals surface area contributed by atoms with Crippen molar-refractivity contribution in [1.29, 1.82) is 0 Å². The molecule has 0 saturated carbocycles. The first-order valence-electron chi connectivity index (χ1n) is 6.10. The van der Waals surface area contributed by atoms with Gasteiger partial charge in [0.2, 0.25) is 5.88 Å². The van der Waals surface area contributed by atoms with E-state index in [0.29, 0.717) is 5.88 Å². The van der Waals surface area contributed by atoms with Gasteiger partial charge >= 0.3 is 0 Å². The lowest BCUT2D eigenvalue weighted by molar-refractivity contribution is 0.439. The van der Waals surface area contributed by atoms with E-state index in [-0.39, 0.29) is 0 Å². The minimum atomic E-state index is 0.373. The van der Waals surface area contributed by atoms with Crippen LogP contribution < -0.4 is 5.73 Å². The smallest absolute Gasteiger partial charge is 0.231 e. The number of nitrogens with zero attached hydrogens (tertiary/aromatic N) is 1. The van der Waals surface area contributed by atoms with Crippen LogP contribution in [0.1, 0.15) is 0 Å². The molecule has 0 aliphatic carbocycles. The Morgan fingerprint density at radius 2 is 1.95 bits per heavy atom. The average Bonchev–Trinajstić information content (AvgIpc) is 3.16. The highest BCUT2D eigenvalue weighted by Gasteiger charge is 2.20. The fourth-order valence-electron chi connectivity index (χ4n) is 2.31. The summed E-state index contributed by atoms with van der Waals surface area (Å²) in [6, 6.07) is 12.3. The number of benzene rings is 1.